The second-order valence-corrected chi connectivity index (χ2v) is 2.01. The van der Waals surface area contributed by atoms with Crippen LogP contribution in [0.4, 0.5) is 0 Å². The van der Waals surface area contributed by atoms with Crippen LogP contribution in [-0.2, 0) is 0 Å². The van der Waals surface area contributed by atoms with E-state index < -0.39 is 12.4 Å². The van der Waals surface area contributed by atoms with Crippen molar-refractivity contribution in [3.05, 3.63) is 0 Å². The van der Waals surface area contributed by atoms with Crippen LogP contribution in [0.3, 0.4) is 0 Å². The lowest BCUT2D eigenvalue weighted by Crippen LogP contribution is -2.42. The van der Waals surface area contributed by atoms with Crippen LogP contribution in [0.15, 0.2) is 0 Å². The first-order chi connectivity index (χ1) is 3.96. The first-order valence-corrected chi connectivity index (χ1v) is 2.25. The Balaban J connectivity index is 0.000000810. The lowest BCUT2D eigenvalue weighted by Gasteiger charge is -2.33. The molecule has 0 aliphatic heterocycles. The summed E-state index contributed by atoms with van der Waals surface area (Å²) in [7, 11) is 0. The third kappa shape index (κ3) is 1.66. The van der Waals surface area contributed by atoms with E-state index in [9.17, 15) is 0 Å². The topological polar surface area (TPSA) is 26.0 Å². The van der Waals surface area contributed by atoms with E-state index in [1.165, 1.54) is 0 Å². The van der Waals surface area contributed by atoms with Crippen molar-refractivity contribution in [3.63, 3.8) is 0 Å². The molecule has 1 fully saturated rings. The van der Waals surface area contributed by atoms with Crippen LogP contribution in [0.2, 0.25) is 0 Å². The monoisotopic (exact) mass is 124 g/mol. The Morgan fingerprint density at radius 2 is 2.29 bits per heavy atom. The normalized spacial score (nSPS) is 33.0. The van der Waals surface area contributed by atoms with Gasteiger partial charge < -0.3 is 5.73 Å². The third-order valence-electron chi connectivity index (χ3n) is 1.25. The Morgan fingerprint density at radius 3 is 2.29 bits per heavy atom. The van der Waals surface area contributed by atoms with Gasteiger partial charge in [-0.15, -0.1) is 12.4 Å². The molecule has 0 bridgehead atoms. The van der Waals surface area contributed by atoms with Gasteiger partial charge in [-0.2, -0.15) is 0 Å². The van der Waals surface area contributed by atoms with E-state index in [-0.39, 0.29) is 12.4 Å². The summed E-state index contributed by atoms with van der Waals surface area (Å²) < 4.78 is 21.0. The molecule has 1 saturated carbocycles. The Hall–Kier alpha value is 0.250. The highest BCUT2D eigenvalue weighted by atomic mass is 35.5. The van der Waals surface area contributed by atoms with Gasteiger partial charge in [-0.25, -0.2) is 0 Å². The Bertz CT molecular complexity index is 119. The maximum atomic E-state index is 6.99. The van der Waals surface area contributed by atoms with Crippen molar-refractivity contribution in [2.75, 3.05) is 0 Å². The predicted molar refractivity (Wildman–Crippen MR) is 33.7 cm³/mol. The molecule has 1 nitrogen and oxygen atoms in total. The van der Waals surface area contributed by atoms with Crippen LogP contribution < -0.4 is 5.73 Å². The van der Waals surface area contributed by atoms with E-state index in [2.05, 4.69) is 0 Å². The minimum absolute atomic E-state index is 0. The molecular formula is C5H12ClN. The average molecular weight is 125 g/mol. The van der Waals surface area contributed by atoms with Crippen LogP contribution in [0.1, 0.15) is 30.2 Å². The van der Waals surface area contributed by atoms with E-state index in [0.717, 1.165) is 6.42 Å². The standard InChI is InChI=1S/C5H11N.ClH/c1-5(6)3-2-4-5;/h2-4,6H2,1H3;1H/i1D3;. The van der Waals surface area contributed by atoms with Crippen molar-refractivity contribution in [1.82, 2.24) is 0 Å². The summed E-state index contributed by atoms with van der Waals surface area (Å²) in [5, 5.41) is 0. The molecule has 0 heterocycles. The summed E-state index contributed by atoms with van der Waals surface area (Å²) in [6, 6.07) is 0. The van der Waals surface area contributed by atoms with Crippen molar-refractivity contribution in [3.8, 4) is 0 Å². The molecule has 1 aliphatic carbocycles. The fourth-order valence-corrected chi connectivity index (χ4v) is 0.558. The maximum absolute atomic E-state index is 6.99. The summed E-state index contributed by atoms with van der Waals surface area (Å²) in [6.07, 6.45) is 2.28. The van der Waals surface area contributed by atoms with Crippen LogP contribution in [0.25, 0.3) is 0 Å². The molecule has 0 unspecified atom stereocenters. The van der Waals surface area contributed by atoms with Crippen LogP contribution in [0.5, 0.6) is 0 Å². The Labute approximate surface area is 54.9 Å². The Morgan fingerprint density at radius 1 is 1.71 bits per heavy atom. The minimum Gasteiger partial charge on any atom is -0.325 e. The molecule has 0 saturated heterocycles. The van der Waals surface area contributed by atoms with Crippen molar-refractivity contribution in [2.24, 2.45) is 5.73 Å². The summed E-state index contributed by atoms with van der Waals surface area (Å²) in [6.45, 7) is -1.94. The smallest absolute Gasteiger partial charge is 0.0249 e. The lowest BCUT2D eigenvalue weighted by molar-refractivity contribution is 0.277. The average Bonchev–Trinajstić information content (AvgIpc) is 1.57. The highest BCUT2D eigenvalue weighted by molar-refractivity contribution is 5.85. The van der Waals surface area contributed by atoms with Crippen molar-refractivity contribution < 1.29 is 4.11 Å². The molecule has 44 valence electrons. The van der Waals surface area contributed by atoms with Gasteiger partial charge in [0.2, 0.25) is 0 Å². The first kappa shape index (κ1) is 3.31. The van der Waals surface area contributed by atoms with Crippen molar-refractivity contribution in [2.45, 2.75) is 31.7 Å². The van der Waals surface area contributed by atoms with Gasteiger partial charge in [0.05, 0.1) is 0 Å². The molecule has 2 N–H and O–H groups in total. The van der Waals surface area contributed by atoms with E-state index in [1.807, 2.05) is 0 Å². The van der Waals surface area contributed by atoms with Gasteiger partial charge in [0.25, 0.3) is 0 Å². The molecule has 0 atom stereocenters. The zero-order valence-corrected chi connectivity index (χ0v) is 4.92. The molecular weight excluding hydrogens is 110 g/mol. The second kappa shape index (κ2) is 2.01. The Kier molecular flexibility index (Phi) is 0.952. The molecule has 7 heavy (non-hydrogen) atoms. The highest BCUT2D eigenvalue weighted by Gasteiger charge is 2.25. The maximum Gasteiger partial charge on any atom is 0.0249 e. The number of rotatable bonds is 0. The molecule has 0 aromatic rings. The molecule has 1 rings (SSSR count). The van der Waals surface area contributed by atoms with E-state index in [0.29, 0.717) is 12.8 Å². The molecule has 0 aromatic carbocycles. The molecule has 1 aliphatic rings. The zero-order valence-electron chi connectivity index (χ0n) is 7.11. The molecule has 0 radical (unpaired) electrons. The zero-order chi connectivity index (χ0) is 7.12. The van der Waals surface area contributed by atoms with Crippen LogP contribution in [-0.4, -0.2) is 5.54 Å². The summed E-state index contributed by atoms with van der Waals surface area (Å²) in [5.41, 5.74) is 4.68. The van der Waals surface area contributed by atoms with Gasteiger partial charge in [-0.1, -0.05) is 0 Å². The summed E-state index contributed by atoms with van der Waals surface area (Å²) >= 11 is 0. The fourth-order valence-electron chi connectivity index (χ4n) is 0.558. The third-order valence-corrected chi connectivity index (χ3v) is 1.25. The number of hydrogen-bond acceptors (Lipinski definition) is 1. The molecule has 0 spiro atoms. The SMILES string of the molecule is Cl.[2H]C([2H])([2H])C1(N)CCC1. The van der Waals surface area contributed by atoms with E-state index in [1.54, 1.807) is 0 Å². The molecule has 0 amide bonds. The number of hydrogen-bond donors (Lipinski definition) is 1. The second-order valence-electron chi connectivity index (χ2n) is 2.01. The quantitative estimate of drug-likeness (QED) is 0.518. The summed E-state index contributed by atoms with van der Waals surface area (Å²) in [4.78, 5) is 0. The highest BCUT2D eigenvalue weighted by Crippen LogP contribution is 2.27. The van der Waals surface area contributed by atoms with Gasteiger partial charge >= 0.3 is 0 Å². The molecule has 0 aromatic heterocycles. The van der Waals surface area contributed by atoms with Gasteiger partial charge in [0.15, 0.2) is 0 Å². The minimum atomic E-state index is -1.94. The van der Waals surface area contributed by atoms with Gasteiger partial charge in [0.1, 0.15) is 0 Å². The van der Waals surface area contributed by atoms with Gasteiger partial charge in [-0.3, -0.25) is 0 Å². The van der Waals surface area contributed by atoms with Gasteiger partial charge in [-0.05, 0) is 26.1 Å². The fraction of sp³-hybridized carbons (Fsp3) is 1.00. The first-order valence-electron chi connectivity index (χ1n) is 3.75. The predicted octanol–water partition coefficient (Wildman–Crippen LogP) is 1.31. The summed E-state index contributed by atoms with van der Waals surface area (Å²) in [5.74, 6) is 0. The lowest BCUT2D eigenvalue weighted by atomic mass is 9.80. The van der Waals surface area contributed by atoms with E-state index in [4.69, 9.17) is 9.85 Å². The number of halogens is 1. The van der Waals surface area contributed by atoms with Crippen LogP contribution in [0, 0.1) is 0 Å². The van der Waals surface area contributed by atoms with Crippen molar-refractivity contribution in [1.29, 1.82) is 0 Å². The van der Waals surface area contributed by atoms with E-state index >= 15 is 0 Å². The largest absolute Gasteiger partial charge is 0.325 e. The van der Waals surface area contributed by atoms with Crippen molar-refractivity contribution >= 4 is 12.4 Å². The number of nitrogens with two attached hydrogens (primary N) is 1. The molecule has 2 heteroatoms. The van der Waals surface area contributed by atoms with Crippen LogP contribution >= 0.6 is 12.4 Å². The van der Waals surface area contributed by atoms with Gasteiger partial charge in [0, 0.05) is 9.65 Å².